The standard InChI is InChI=1S/C15H10F3N5O5/c1-21-13(7-4-10(23(27)28)12(25)11(24)5-7)19-20-14(21)8-6-22(26)3-2-9(8)15(16,17)18/h2-6,24-25H,1H3. The number of nitro groups is 1. The van der Waals surface area contributed by atoms with Gasteiger partial charge in [0.15, 0.2) is 29.8 Å². The van der Waals surface area contributed by atoms with Gasteiger partial charge in [-0.05, 0) is 6.07 Å². The summed E-state index contributed by atoms with van der Waals surface area (Å²) in [5.41, 5.74) is -2.58. The van der Waals surface area contributed by atoms with Crippen LogP contribution < -0.4 is 4.73 Å². The molecule has 0 atom stereocenters. The van der Waals surface area contributed by atoms with E-state index in [9.17, 15) is 38.7 Å². The summed E-state index contributed by atoms with van der Waals surface area (Å²) in [6.45, 7) is 0. The fourth-order valence-corrected chi connectivity index (χ4v) is 2.59. The molecule has 3 aromatic rings. The Morgan fingerprint density at radius 3 is 2.46 bits per heavy atom. The second kappa shape index (κ2) is 6.37. The summed E-state index contributed by atoms with van der Waals surface area (Å²) in [6.07, 6.45) is -3.41. The lowest BCUT2D eigenvalue weighted by Crippen LogP contribution is -2.26. The predicted octanol–water partition coefficient (Wildman–Crippen LogP) is 2.12. The monoisotopic (exact) mass is 397 g/mol. The van der Waals surface area contributed by atoms with Gasteiger partial charge in [0.25, 0.3) is 0 Å². The van der Waals surface area contributed by atoms with Crippen molar-refractivity contribution in [3.05, 3.63) is 51.5 Å². The Bertz CT molecular complexity index is 1100. The predicted molar refractivity (Wildman–Crippen MR) is 85.8 cm³/mol. The van der Waals surface area contributed by atoms with Gasteiger partial charge in [-0.2, -0.15) is 17.9 Å². The van der Waals surface area contributed by atoms with Gasteiger partial charge in [-0.1, -0.05) is 0 Å². The number of phenolic OH excluding ortho intramolecular Hbond substituents is 2. The van der Waals surface area contributed by atoms with E-state index in [-0.39, 0.29) is 21.9 Å². The average Bonchev–Trinajstić information content (AvgIpc) is 2.97. The highest BCUT2D eigenvalue weighted by atomic mass is 19.4. The van der Waals surface area contributed by atoms with E-state index < -0.39 is 39.4 Å². The molecule has 13 heteroatoms. The first-order valence-electron chi connectivity index (χ1n) is 7.41. The van der Waals surface area contributed by atoms with Crippen LogP contribution in [-0.2, 0) is 13.2 Å². The third-order valence-corrected chi connectivity index (χ3v) is 3.88. The normalized spacial score (nSPS) is 11.6. The van der Waals surface area contributed by atoms with Gasteiger partial charge < -0.3 is 20.0 Å². The van der Waals surface area contributed by atoms with E-state index in [1.165, 1.54) is 7.05 Å². The molecule has 10 nitrogen and oxygen atoms in total. The van der Waals surface area contributed by atoms with Gasteiger partial charge in [0, 0.05) is 24.7 Å². The maximum atomic E-state index is 13.3. The molecule has 0 spiro atoms. The number of benzene rings is 1. The van der Waals surface area contributed by atoms with E-state index in [4.69, 9.17) is 0 Å². The molecule has 0 amide bonds. The molecule has 28 heavy (non-hydrogen) atoms. The van der Waals surface area contributed by atoms with Crippen molar-refractivity contribution < 1.29 is 33.0 Å². The lowest BCUT2D eigenvalue weighted by Gasteiger charge is -2.12. The van der Waals surface area contributed by atoms with Crippen LogP contribution in [0, 0.1) is 15.3 Å². The molecule has 2 N–H and O–H groups in total. The number of aromatic hydroxyl groups is 2. The molecule has 0 unspecified atom stereocenters. The molecular formula is C15H10F3N5O5. The first kappa shape index (κ1) is 18.9. The second-order valence-corrected chi connectivity index (χ2v) is 5.66. The van der Waals surface area contributed by atoms with Crippen molar-refractivity contribution in [2.75, 3.05) is 0 Å². The van der Waals surface area contributed by atoms with Crippen LogP contribution >= 0.6 is 0 Å². The Morgan fingerprint density at radius 2 is 1.86 bits per heavy atom. The number of rotatable bonds is 3. The number of alkyl halides is 3. The molecule has 0 saturated carbocycles. The van der Waals surface area contributed by atoms with Crippen molar-refractivity contribution in [1.82, 2.24) is 14.8 Å². The zero-order valence-corrected chi connectivity index (χ0v) is 13.9. The third kappa shape index (κ3) is 3.13. The number of nitro benzene ring substituents is 1. The number of nitrogens with zero attached hydrogens (tertiary/aromatic N) is 5. The molecule has 0 saturated heterocycles. The zero-order valence-electron chi connectivity index (χ0n) is 13.9. The Kier molecular flexibility index (Phi) is 4.29. The molecule has 2 heterocycles. The van der Waals surface area contributed by atoms with Crippen LogP contribution in [0.2, 0.25) is 0 Å². The fraction of sp³-hybridized carbons (Fsp3) is 0.133. The molecule has 0 bridgehead atoms. The van der Waals surface area contributed by atoms with Gasteiger partial charge in [0.05, 0.1) is 16.1 Å². The minimum absolute atomic E-state index is 0.0808. The summed E-state index contributed by atoms with van der Waals surface area (Å²) in [5, 5.41) is 49.1. The fourth-order valence-electron chi connectivity index (χ4n) is 2.59. The van der Waals surface area contributed by atoms with Gasteiger partial charge in [-0.25, -0.2) is 0 Å². The van der Waals surface area contributed by atoms with Crippen LogP contribution in [0.25, 0.3) is 22.8 Å². The number of aromatic nitrogens is 4. The Labute approximate surface area is 153 Å². The highest BCUT2D eigenvalue weighted by Crippen LogP contribution is 2.40. The van der Waals surface area contributed by atoms with Crippen molar-refractivity contribution in [2.45, 2.75) is 6.18 Å². The zero-order chi connectivity index (χ0) is 20.8. The van der Waals surface area contributed by atoms with E-state index in [1.54, 1.807) is 0 Å². The highest BCUT2D eigenvalue weighted by Gasteiger charge is 2.36. The quantitative estimate of drug-likeness (QED) is 0.227. The molecule has 0 radical (unpaired) electrons. The molecule has 0 aliphatic heterocycles. The largest absolute Gasteiger partial charge is 0.619 e. The number of hydrogen-bond acceptors (Lipinski definition) is 7. The molecule has 3 rings (SSSR count). The Balaban J connectivity index is 2.21. The average molecular weight is 397 g/mol. The van der Waals surface area contributed by atoms with Crippen LogP contribution in [0.4, 0.5) is 18.9 Å². The first-order valence-corrected chi connectivity index (χ1v) is 7.41. The van der Waals surface area contributed by atoms with E-state index in [2.05, 4.69) is 10.2 Å². The lowest BCUT2D eigenvalue weighted by molar-refractivity contribution is -0.605. The Morgan fingerprint density at radius 1 is 1.21 bits per heavy atom. The minimum atomic E-state index is -4.77. The SMILES string of the molecule is Cn1c(-c2cc(O)c(O)c([N+](=O)[O-])c2)nnc1-c1c[n+]([O-])ccc1C(F)(F)F. The van der Waals surface area contributed by atoms with Crippen molar-refractivity contribution in [3.8, 4) is 34.3 Å². The number of halogens is 3. The van der Waals surface area contributed by atoms with E-state index >= 15 is 0 Å². The molecule has 2 aromatic heterocycles. The smallest absolute Gasteiger partial charge is 0.417 e. The second-order valence-electron chi connectivity index (χ2n) is 5.66. The highest BCUT2D eigenvalue weighted by molar-refractivity contribution is 5.70. The topological polar surface area (TPSA) is 141 Å². The van der Waals surface area contributed by atoms with Crippen molar-refractivity contribution >= 4 is 5.69 Å². The van der Waals surface area contributed by atoms with Gasteiger partial charge in [0.2, 0.25) is 5.75 Å². The lowest BCUT2D eigenvalue weighted by atomic mass is 10.1. The summed E-state index contributed by atoms with van der Waals surface area (Å²) < 4.78 is 41.0. The van der Waals surface area contributed by atoms with E-state index in [1.807, 2.05) is 0 Å². The van der Waals surface area contributed by atoms with Gasteiger partial charge in [-0.15, -0.1) is 10.2 Å². The van der Waals surface area contributed by atoms with Crippen molar-refractivity contribution in [3.63, 3.8) is 0 Å². The van der Waals surface area contributed by atoms with Gasteiger partial charge >= 0.3 is 11.9 Å². The summed E-state index contributed by atoms with van der Waals surface area (Å²) in [5.74, 6) is -2.25. The van der Waals surface area contributed by atoms with Crippen LogP contribution in [0.1, 0.15) is 5.56 Å². The maximum Gasteiger partial charge on any atom is 0.417 e. The minimum Gasteiger partial charge on any atom is -0.619 e. The summed E-state index contributed by atoms with van der Waals surface area (Å²) in [7, 11) is 1.28. The molecule has 146 valence electrons. The third-order valence-electron chi connectivity index (χ3n) is 3.88. The number of hydrogen-bond donors (Lipinski definition) is 2. The van der Waals surface area contributed by atoms with E-state index in [0.717, 1.165) is 16.7 Å². The maximum absolute atomic E-state index is 13.3. The van der Waals surface area contributed by atoms with Crippen molar-refractivity contribution in [2.24, 2.45) is 7.05 Å². The van der Waals surface area contributed by atoms with Gasteiger partial charge in [-0.3, -0.25) is 10.1 Å². The summed E-state index contributed by atoms with van der Waals surface area (Å²) in [4.78, 5) is 10.0. The molecular weight excluding hydrogens is 387 g/mol. The molecule has 1 aromatic carbocycles. The van der Waals surface area contributed by atoms with Crippen LogP contribution in [0.3, 0.4) is 0 Å². The molecule has 0 aliphatic carbocycles. The molecule has 0 aliphatic rings. The summed E-state index contributed by atoms with van der Waals surface area (Å²) >= 11 is 0. The summed E-state index contributed by atoms with van der Waals surface area (Å²) in [6, 6.07) is 2.42. The van der Waals surface area contributed by atoms with E-state index in [0.29, 0.717) is 18.5 Å². The van der Waals surface area contributed by atoms with Crippen LogP contribution in [-0.4, -0.2) is 29.9 Å². The van der Waals surface area contributed by atoms with Crippen molar-refractivity contribution in [1.29, 1.82) is 0 Å². The number of phenols is 2. The Hall–Kier alpha value is -3.90. The van der Waals surface area contributed by atoms with Crippen LogP contribution in [0.5, 0.6) is 11.5 Å². The van der Waals surface area contributed by atoms with Gasteiger partial charge in [0.1, 0.15) is 0 Å². The van der Waals surface area contributed by atoms with Crippen LogP contribution in [0.15, 0.2) is 30.6 Å². The number of pyridine rings is 1. The first-order chi connectivity index (χ1) is 13.0. The molecule has 0 fully saturated rings.